The fourth-order valence-corrected chi connectivity index (χ4v) is 0.740. The summed E-state index contributed by atoms with van der Waals surface area (Å²) in [6.45, 7) is 0. The van der Waals surface area contributed by atoms with Crippen molar-refractivity contribution in [3.05, 3.63) is 0 Å². The first-order valence-corrected chi connectivity index (χ1v) is 3.57. The van der Waals surface area contributed by atoms with Gasteiger partial charge in [-0.2, -0.15) is 7.77 Å². The summed E-state index contributed by atoms with van der Waals surface area (Å²) < 4.78 is 22.3. The molecule has 0 spiro atoms. The summed E-state index contributed by atoms with van der Waals surface area (Å²) in [5.74, 6) is -0.890. The van der Waals surface area contributed by atoms with Gasteiger partial charge in [0.25, 0.3) is 0 Å². The molecule has 48 valence electrons. The third-order valence-electron chi connectivity index (χ3n) is 0.431. The van der Waals surface area contributed by atoms with Crippen LogP contribution in [0.3, 0.4) is 0 Å². The van der Waals surface area contributed by atoms with Crippen molar-refractivity contribution in [1.82, 2.24) is 0 Å². The van der Waals surface area contributed by atoms with Crippen LogP contribution in [0.1, 0.15) is 0 Å². The normalized spacial score (nSPS) is 9.25. The molecular formula is C3H4F2OS2. The zero-order chi connectivity index (χ0) is 6.41. The molecule has 8 heavy (non-hydrogen) atoms. The van der Waals surface area contributed by atoms with Gasteiger partial charge in [0.2, 0.25) is 0 Å². The Hall–Kier alpha value is 0.230. The third kappa shape index (κ3) is 4.39. The van der Waals surface area contributed by atoms with Gasteiger partial charge < -0.3 is 0 Å². The quantitative estimate of drug-likeness (QED) is 0.621. The molecule has 0 aliphatic rings. The van der Waals surface area contributed by atoms with Gasteiger partial charge in [0.1, 0.15) is 0 Å². The molecule has 0 rings (SSSR count). The van der Waals surface area contributed by atoms with E-state index in [-0.39, 0.29) is 35.8 Å². The topological polar surface area (TPSA) is 17.1 Å². The zero-order valence-electron chi connectivity index (χ0n) is 3.89. The molecule has 1 nitrogen and oxygen atoms in total. The molecule has 0 radical (unpaired) electrons. The summed E-state index contributed by atoms with van der Waals surface area (Å²) >= 11 is -0.160. The molecule has 0 aliphatic carbocycles. The van der Waals surface area contributed by atoms with Crippen molar-refractivity contribution in [3.8, 4) is 0 Å². The molecular weight excluding hydrogens is 154 g/mol. The van der Waals surface area contributed by atoms with Gasteiger partial charge in [-0.15, -0.1) is 0 Å². The summed E-state index contributed by atoms with van der Waals surface area (Å²) in [6.07, 6.45) is 0. The van der Waals surface area contributed by atoms with Gasteiger partial charge >= 0.3 is 0 Å². The predicted molar refractivity (Wildman–Crippen MR) is 32.1 cm³/mol. The van der Waals surface area contributed by atoms with Gasteiger partial charge in [0.05, 0.1) is 35.8 Å². The second-order valence-corrected chi connectivity index (χ2v) is 2.06. The number of hydrogen-bond acceptors (Lipinski definition) is 3. The predicted octanol–water partition coefficient (Wildman–Crippen LogP) is 1.79. The highest BCUT2D eigenvalue weighted by Gasteiger charge is 2.00. The molecule has 0 unspecified atom stereocenters. The van der Waals surface area contributed by atoms with Crippen LogP contribution >= 0.6 is 24.3 Å². The van der Waals surface area contributed by atoms with Crippen molar-refractivity contribution in [1.29, 1.82) is 0 Å². The summed E-state index contributed by atoms with van der Waals surface area (Å²) in [5.41, 5.74) is 0. The highest BCUT2D eigenvalue weighted by atomic mass is 32.2. The van der Waals surface area contributed by atoms with Crippen LogP contribution in [0.5, 0.6) is 0 Å². The van der Waals surface area contributed by atoms with Gasteiger partial charge in [0, 0.05) is 0 Å². The first-order valence-electron chi connectivity index (χ1n) is 1.80. The van der Waals surface area contributed by atoms with Crippen LogP contribution in [-0.4, -0.2) is 17.3 Å². The van der Waals surface area contributed by atoms with Gasteiger partial charge in [0.15, 0.2) is 5.78 Å². The molecule has 0 atom stereocenters. The highest BCUT2D eigenvalue weighted by molar-refractivity contribution is 7.96. The number of ketones is 1. The van der Waals surface area contributed by atoms with Crippen LogP contribution in [-0.2, 0) is 4.79 Å². The van der Waals surface area contributed by atoms with Crippen LogP contribution < -0.4 is 0 Å². The Kier molecular flexibility index (Phi) is 5.52. The average molecular weight is 158 g/mol. The minimum atomic E-state index is -0.412. The van der Waals surface area contributed by atoms with Crippen molar-refractivity contribution in [2.24, 2.45) is 0 Å². The molecule has 0 N–H and O–H groups in total. The van der Waals surface area contributed by atoms with E-state index < -0.39 is 5.78 Å². The van der Waals surface area contributed by atoms with E-state index in [4.69, 9.17) is 0 Å². The summed E-state index contributed by atoms with van der Waals surface area (Å²) in [4.78, 5) is 10.1. The summed E-state index contributed by atoms with van der Waals surface area (Å²) in [6, 6.07) is 0. The van der Waals surface area contributed by atoms with Gasteiger partial charge in [-0.1, -0.05) is 0 Å². The van der Waals surface area contributed by atoms with Crippen molar-refractivity contribution < 1.29 is 12.6 Å². The maximum Gasteiger partial charge on any atom is 0.157 e. The van der Waals surface area contributed by atoms with E-state index >= 15 is 0 Å². The smallest absolute Gasteiger partial charge is 0.157 e. The third-order valence-corrected chi connectivity index (χ3v) is 1.29. The molecule has 0 aliphatic heterocycles. The molecule has 0 amide bonds. The first kappa shape index (κ1) is 8.23. The summed E-state index contributed by atoms with van der Waals surface area (Å²) in [7, 11) is 0. The number of carbonyl (C=O) groups excluding carboxylic acids is 1. The lowest BCUT2D eigenvalue weighted by Crippen LogP contribution is -2.01. The lowest BCUT2D eigenvalue weighted by atomic mass is 10.5. The minimum absolute atomic E-state index is 0.0799. The second-order valence-electron chi connectivity index (χ2n) is 1.05. The Morgan fingerprint density at radius 2 is 1.62 bits per heavy atom. The lowest BCUT2D eigenvalue weighted by Gasteiger charge is -1.86. The molecule has 0 aromatic heterocycles. The van der Waals surface area contributed by atoms with Crippen LogP contribution in [0.4, 0.5) is 7.77 Å². The van der Waals surface area contributed by atoms with Crippen molar-refractivity contribution in [2.45, 2.75) is 0 Å². The van der Waals surface area contributed by atoms with Crippen molar-refractivity contribution in [2.75, 3.05) is 11.5 Å². The SMILES string of the molecule is O=C(CSF)CSF. The average Bonchev–Trinajstić information content (AvgIpc) is 1.68. The standard InChI is InChI=1S/C3H4F2OS2/c4-7-1-3(6)2-8-5/h1-2H2. The van der Waals surface area contributed by atoms with Crippen LogP contribution in [0.2, 0.25) is 0 Å². The van der Waals surface area contributed by atoms with Crippen molar-refractivity contribution >= 4 is 30.1 Å². The van der Waals surface area contributed by atoms with Gasteiger partial charge in [-0.25, -0.2) is 0 Å². The number of halogens is 2. The Morgan fingerprint density at radius 1 is 1.25 bits per heavy atom. The van der Waals surface area contributed by atoms with Crippen molar-refractivity contribution in [3.63, 3.8) is 0 Å². The first-order chi connectivity index (χ1) is 3.81. The zero-order valence-corrected chi connectivity index (χ0v) is 5.53. The summed E-state index contributed by atoms with van der Waals surface area (Å²) in [5, 5.41) is 0. The Labute approximate surface area is 54.8 Å². The van der Waals surface area contributed by atoms with Crippen LogP contribution in [0.25, 0.3) is 0 Å². The molecule has 0 heterocycles. The molecule has 5 heteroatoms. The minimum Gasteiger partial charge on any atom is -0.298 e. The molecule has 0 fully saturated rings. The second kappa shape index (κ2) is 5.37. The van der Waals surface area contributed by atoms with E-state index in [0.29, 0.717) is 0 Å². The monoisotopic (exact) mass is 158 g/mol. The van der Waals surface area contributed by atoms with Crippen LogP contribution in [0, 0.1) is 0 Å². The maximum absolute atomic E-state index is 11.1. The largest absolute Gasteiger partial charge is 0.298 e. The molecule has 0 saturated heterocycles. The molecule has 0 bridgehead atoms. The van der Waals surface area contributed by atoms with E-state index in [1.165, 1.54) is 0 Å². The van der Waals surface area contributed by atoms with E-state index in [9.17, 15) is 12.6 Å². The molecule has 0 aromatic rings. The van der Waals surface area contributed by atoms with E-state index in [1.807, 2.05) is 0 Å². The Balaban J connectivity index is 3.06. The number of rotatable bonds is 4. The number of Topliss-reactive ketones (excluding diaryl/α,β-unsaturated/α-hetero) is 1. The fourth-order valence-electron chi connectivity index (χ4n) is 0.163. The fraction of sp³-hybridized carbons (Fsp3) is 0.667. The molecule has 0 aromatic carbocycles. The Morgan fingerprint density at radius 3 is 1.88 bits per heavy atom. The van der Waals surface area contributed by atoms with Gasteiger partial charge in [-0.05, 0) is 0 Å². The van der Waals surface area contributed by atoms with E-state index in [2.05, 4.69) is 0 Å². The number of hydrogen-bond donors (Lipinski definition) is 0. The van der Waals surface area contributed by atoms with E-state index in [0.717, 1.165) is 0 Å². The van der Waals surface area contributed by atoms with Gasteiger partial charge in [-0.3, -0.25) is 4.79 Å². The lowest BCUT2D eigenvalue weighted by molar-refractivity contribution is -0.114. The molecule has 0 saturated carbocycles. The maximum atomic E-state index is 11.1. The number of carbonyl (C=O) groups is 1. The van der Waals surface area contributed by atoms with E-state index in [1.54, 1.807) is 0 Å². The van der Waals surface area contributed by atoms with Crippen LogP contribution in [0.15, 0.2) is 0 Å². The highest BCUT2D eigenvalue weighted by Crippen LogP contribution is 2.05. The Bertz CT molecular complexity index is 69.7.